The van der Waals surface area contributed by atoms with Gasteiger partial charge >= 0.3 is 5.97 Å². The Morgan fingerprint density at radius 2 is 1.83 bits per heavy atom. The Balaban J connectivity index is 0.000000351. The van der Waals surface area contributed by atoms with Gasteiger partial charge in [-0.05, 0) is 68.8 Å². The van der Waals surface area contributed by atoms with Gasteiger partial charge in [0.1, 0.15) is 23.8 Å². The fourth-order valence-electron chi connectivity index (χ4n) is 2.20. The minimum atomic E-state index is -0.469. The number of halogens is 1. The first-order valence-corrected chi connectivity index (χ1v) is 9.07. The summed E-state index contributed by atoms with van der Waals surface area (Å²) < 4.78 is 7.16. The number of nitrogens with zero attached hydrogens (tertiary/aromatic N) is 2. The van der Waals surface area contributed by atoms with Crippen LogP contribution < -0.4 is 0 Å². The Bertz CT molecular complexity index is 936. The summed E-state index contributed by atoms with van der Waals surface area (Å²) in [6.45, 7) is 7.53. The molecular weight excluding hydrogens is 392 g/mol. The number of carbonyl (C=O) groups is 2. The van der Waals surface area contributed by atoms with Gasteiger partial charge in [-0.15, -0.1) is 0 Å². The molecule has 0 amide bonds. The molecule has 0 aliphatic heterocycles. The largest absolute Gasteiger partial charge is 0.508 e. The second-order valence-corrected chi connectivity index (χ2v) is 7.39. The fraction of sp³-hybridized carbons (Fsp3) is 0.227. The van der Waals surface area contributed by atoms with Crippen LogP contribution in [0, 0.1) is 0 Å². The molecule has 3 rings (SSSR count). The first-order valence-electron chi connectivity index (χ1n) is 8.69. The molecule has 2 aromatic heterocycles. The van der Waals surface area contributed by atoms with E-state index in [4.69, 9.17) is 26.2 Å². The summed E-state index contributed by atoms with van der Waals surface area (Å²) in [4.78, 5) is 23.9. The van der Waals surface area contributed by atoms with Crippen molar-refractivity contribution in [2.45, 2.75) is 26.4 Å². The number of hydrogen-bond donors (Lipinski definition) is 1. The molecule has 6 nitrogen and oxygen atoms in total. The second kappa shape index (κ2) is 11.0. The number of phenols is 1. The standard InChI is InChI=1S/C15H18N2O2.C6H5ClO.CH2O/c1-15(2,3)19-13(18)6-5-11-9-12-7-8-17(4)14(12)16-10-11;7-5-1-3-6(8)4-2-5;1-2/h5-10H,1-4H3;1-4,8H;1H2/b6-5+;;. The molecular formula is C22H25ClN2O4. The summed E-state index contributed by atoms with van der Waals surface area (Å²) in [7, 11) is 1.95. The summed E-state index contributed by atoms with van der Waals surface area (Å²) in [6, 6.07) is 10.3. The first-order chi connectivity index (χ1) is 13.6. The van der Waals surface area contributed by atoms with E-state index in [0.717, 1.165) is 16.6 Å². The third kappa shape index (κ3) is 8.62. The van der Waals surface area contributed by atoms with Gasteiger partial charge in [0.05, 0.1) is 0 Å². The molecule has 1 N–H and O–H groups in total. The normalized spacial score (nSPS) is 10.7. The zero-order valence-electron chi connectivity index (χ0n) is 16.9. The number of aromatic nitrogens is 2. The molecule has 0 saturated heterocycles. The lowest BCUT2D eigenvalue weighted by Crippen LogP contribution is -2.22. The number of hydrogen-bond acceptors (Lipinski definition) is 5. The number of rotatable bonds is 2. The van der Waals surface area contributed by atoms with E-state index >= 15 is 0 Å². The molecule has 0 aliphatic rings. The molecule has 0 atom stereocenters. The molecule has 0 aliphatic carbocycles. The van der Waals surface area contributed by atoms with Crippen LogP contribution >= 0.6 is 11.6 Å². The predicted molar refractivity (Wildman–Crippen MR) is 116 cm³/mol. The van der Waals surface area contributed by atoms with Crippen molar-refractivity contribution in [3.63, 3.8) is 0 Å². The Morgan fingerprint density at radius 3 is 2.38 bits per heavy atom. The maximum Gasteiger partial charge on any atom is 0.331 e. The highest BCUT2D eigenvalue weighted by Gasteiger charge is 2.13. The highest BCUT2D eigenvalue weighted by Crippen LogP contribution is 2.15. The van der Waals surface area contributed by atoms with E-state index in [1.54, 1.807) is 36.5 Å². The number of benzene rings is 1. The molecule has 2 heterocycles. The SMILES string of the molecule is C=O.Cn1ccc2cc(/C=C/C(=O)OC(C)(C)C)cnc21.Oc1ccc(Cl)cc1. The van der Waals surface area contributed by atoms with E-state index in [9.17, 15) is 4.79 Å². The van der Waals surface area contributed by atoms with E-state index in [-0.39, 0.29) is 11.7 Å². The quantitative estimate of drug-likeness (QED) is 0.479. The molecule has 154 valence electrons. The Hall–Kier alpha value is -3.12. The lowest BCUT2D eigenvalue weighted by Gasteiger charge is -2.17. The average Bonchev–Trinajstić information content (AvgIpc) is 3.04. The van der Waals surface area contributed by atoms with Crippen molar-refractivity contribution in [3.05, 3.63) is 65.5 Å². The summed E-state index contributed by atoms with van der Waals surface area (Å²) in [5.41, 5.74) is 1.34. The Labute approximate surface area is 175 Å². The van der Waals surface area contributed by atoms with E-state index in [0.29, 0.717) is 5.02 Å². The lowest BCUT2D eigenvalue weighted by atomic mass is 10.2. The van der Waals surface area contributed by atoms with Crippen LogP contribution in [0.5, 0.6) is 5.75 Å². The van der Waals surface area contributed by atoms with Gasteiger partial charge in [-0.2, -0.15) is 0 Å². The molecule has 0 unspecified atom stereocenters. The predicted octanol–water partition coefficient (Wildman–Crippen LogP) is 4.79. The van der Waals surface area contributed by atoms with Gasteiger partial charge in [-0.1, -0.05) is 11.6 Å². The van der Waals surface area contributed by atoms with Crippen LogP contribution in [0.4, 0.5) is 0 Å². The molecule has 0 fully saturated rings. The number of aromatic hydroxyl groups is 1. The number of pyridine rings is 1. The highest BCUT2D eigenvalue weighted by atomic mass is 35.5. The number of carbonyl (C=O) groups excluding carboxylic acids is 2. The maximum atomic E-state index is 11.6. The van der Waals surface area contributed by atoms with Crippen molar-refractivity contribution in [3.8, 4) is 5.75 Å². The van der Waals surface area contributed by atoms with Crippen molar-refractivity contribution < 1.29 is 19.4 Å². The van der Waals surface area contributed by atoms with Crippen LogP contribution in [0.3, 0.4) is 0 Å². The molecule has 7 heteroatoms. The fourth-order valence-corrected chi connectivity index (χ4v) is 2.33. The molecule has 0 spiro atoms. The van der Waals surface area contributed by atoms with Crippen molar-refractivity contribution in [1.82, 2.24) is 9.55 Å². The van der Waals surface area contributed by atoms with Gasteiger partial charge in [-0.3, -0.25) is 0 Å². The molecule has 0 bridgehead atoms. The number of fused-ring (bicyclic) bond motifs is 1. The number of phenolic OH excluding ortho intramolecular Hbond substituents is 1. The van der Waals surface area contributed by atoms with Crippen molar-refractivity contribution >= 4 is 41.5 Å². The number of esters is 1. The van der Waals surface area contributed by atoms with E-state index in [1.807, 2.05) is 57.5 Å². The smallest absolute Gasteiger partial charge is 0.331 e. The molecule has 1 aromatic carbocycles. The zero-order valence-corrected chi connectivity index (χ0v) is 17.7. The first kappa shape index (κ1) is 23.9. The van der Waals surface area contributed by atoms with E-state index in [2.05, 4.69) is 4.98 Å². The number of ether oxygens (including phenoxy) is 1. The summed E-state index contributed by atoms with van der Waals surface area (Å²) in [5, 5.41) is 10.4. The summed E-state index contributed by atoms with van der Waals surface area (Å²) in [5.74, 6) is -0.102. The minimum absolute atomic E-state index is 0.245. The van der Waals surface area contributed by atoms with Crippen LogP contribution in [-0.4, -0.2) is 33.0 Å². The van der Waals surface area contributed by atoms with Gasteiger partial charge in [0.15, 0.2) is 0 Å². The summed E-state index contributed by atoms with van der Waals surface area (Å²) >= 11 is 5.50. The van der Waals surface area contributed by atoms with Crippen molar-refractivity contribution in [1.29, 1.82) is 0 Å². The van der Waals surface area contributed by atoms with Gasteiger partial charge in [0.25, 0.3) is 0 Å². The van der Waals surface area contributed by atoms with Crippen LogP contribution in [0.25, 0.3) is 17.1 Å². The Kier molecular flexibility index (Phi) is 9.09. The van der Waals surface area contributed by atoms with Crippen LogP contribution in [-0.2, 0) is 21.4 Å². The average molecular weight is 417 g/mol. The van der Waals surface area contributed by atoms with E-state index in [1.165, 1.54) is 6.08 Å². The van der Waals surface area contributed by atoms with Crippen LogP contribution in [0.15, 0.2) is 54.9 Å². The number of aryl methyl sites for hydroxylation is 1. The topological polar surface area (TPSA) is 81.4 Å². The monoisotopic (exact) mass is 416 g/mol. The van der Waals surface area contributed by atoms with E-state index < -0.39 is 5.60 Å². The molecule has 0 radical (unpaired) electrons. The molecule has 3 aromatic rings. The van der Waals surface area contributed by atoms with Crippen molar-refractivity contribution in [2.24, 2.45) is 7.05 Å². The third-order valence-corrected chi connectivity index (χ3v) is 3.63. The van der Waals surface area contributed by atoms with Crippen LogP contribution in [0.2, 0.25) is 5.02 Å². The maximum absolute atomic E-state index is 11.6. The van der Waals surface area contributed by atoms with Crippen molar-refractivity contribution in [2.75, 3.05) is 0 Å². The highest BCUT2D eigenvalue weighted by molar-refractivity contribution is 6.30. The van der Waals surface area contributed by atoms with Gasteiger partial charge in [0, 0.05) is 35.9 Å². The molecule has 0 saturated carbocycles. The minimum Gasteiger partial charge on any atom is -0.508 e. The van der Waals surface area contributed by atoms with Gasteiger partial charge < -0.3 is 19.2 Å². The third-order valence-electron chi connectivity index (χ3n) is 3.37. The zero-order chi connectivity index (χ0) is 22.0. The second-order valence-electron chi connectivity index (χ2n) is 6.95. The molecule has 29 heavy (non-hydrogen) atoms. The van der Waals surface area contributed by atoms with Gasteiger partial charge in [-0.25, -0.2) is 9.78 Å². The van der Waals surface area contributed by atoms with Crippen LogP contribution in [0.1, 0.15) is 26.3 Å². The van der Waals surface area contributed by atoms with Gasteiger partial charge in [0.2, 0.25) is 0 Å². The lowest BCUT2D eigenvalue weighted by molar-refractivity contribution is -0.148. The summed E-state index contributed by atoms with van der Waals surface area (Å²) in [6.07, 6.45) is 6.84. The Morgan fingerprint density at radius 1 is 1.21 bits per heavy atom.